The summed E-state index contributed by atoms with van der Waals surface area (Å²) in [6, 6.07) is 7.53. The molecule has 0 radical (unpaired) electrons. The van der Waals surface area contributed by atoms with Gasteiger partial charge in [0.15, 0.2) is 5.58 Å². The minimum absolute atomic E-state index is 0.257. The molecule has 2 rings (SSSR count). The zero-order chi connectivity index (χ0) is 11.4. The van der Waals surface area contributed by atoms with Crippen molar-refractivity contribution in [1.82, 2.24) is 4.57 Å². The standard InChI is InChI=1S/C12H15NO2S/c14-12-13(8-4-1-5-9-16)10-6-2-3-7-11(10)15-12/h2-3,6-7,16H,1,4-5,8-9H2. The Kier molecular flexibility index (Phi) is 3.72. The smallest absolute Gasteiger partial charge is 0.408 e. The summed E-state index contributed by atoms with van der Waals surface area (Å²) in [5.41, 5.74) is 1.56. The lowest BCUT2D eigenvalue weighted by molar-refractivity contribution is 0.492. The molecule has 0 bridgehead atoms. The van der Waals surface area contributed by atoms with Crippen LogP contribution >= 0.6 is 12.6 Å². The summed E-state index contributed by atoms with van der Waals surface area (Å²) in [5, 5.41) is 0. The van der Waals surface area contributed by atoms with Gasteiger partial charge in [0.2, 0.25) is 0 Å². The minimum atomic E-state index is -0.257. The molecule has 16 heavy (non-hydrogen) atoms. The Morgan fingerprint density at radius 2 is 2.00 bits per heavy atom. The number of hydrogen-bond donors (Lipinski definition) is 1. The van der Waals surface area contributed by atoms with Crippen molar-refractivity contribution in [3.63, 3.8) is 0 Å². The average molecular weight is 237 g/mol. The second kappa shape index (κ2) is 5.25. The second-order valence-corrected chi connectivity index (χ2v) is 4.22. The van der Waals surface area contributed by atoms with Gasteiger partial charge in [-0.1, -0.05) is 18.6 Å². The van der Waals surface area contributed by atoms with Crippen molar-refractivity contribution >= 4 is 23.7 Å². The number of nitrogens with zero attached hydrogens (tertiary/aromatic N) is 1. The van der Waals surface area contributed by atoms with E-state index < -0.39 is 0 Å². The first-order chi connectivity index (χ1) is 7.83. The molecule has 0 saturated carbocycles. The lowest BCUT2D eigenvalue weighted by Gasteiger charge is -2.00. The molecule has 0 amide bonds. The zero-order valence-corrected chi connectivity index (χ0v) is 9.95. The van der Waals surface area contributed by atoms with Crippen molar-refractivity contribution in [2.45, 2.75) is 25.8 Å². The Morgan fingerprint density at radius 3 is 2.81 bits per heavy atom. The number of rotatable bonds is 5. The van der Waals surface area contributed by atoms with Crippen LogP contribution in [0.1, 0.15) is 19.3 Å². The summed E-state index contributed by atoms with van der Waals surface area (Å²) in [4.78, 5) is 11.6. The number of unbranched alkanes of at least 4 members (excludes halogenated alkanes) is 2. The summed E-state index contributed by atoms with van der Waals surface area (Å²) in [5.74, 6) is 0.646. The van der Waals surface area contributed by atoms with Gasteiger partial charge in [-0.25, -0.2) is 4.79 Å². The van der Waals surface area contributed by atoms with Crippen LogP contribution in [0.4, 0.5) is 0 Å². The Morgan fingerprint density at radius 1 is 1.19 bits per heavy atom. The van der Waals surface area contributed by atoms with E-state index in [1.54, 1.807) is 4.57 Å². The minimum Gasteiger partial charge on any atom is -0.408 e. The maximum absolute atomic E-state index is 11.6. The first-order valence-electron chi connectivity index (χ1n) is 5.52. The molecule has 0 fully saturated rings. The van der Waals surface area contributed by atoms with Crippen LogP contribution < -0.4 is 5.76 Å². The van der Waals surface area contributed by atoms with E-state index in [0.717, 1.165) is 37.1 Å². The fourth-order valence-corrected chi connectivity index (χ4v) is 2.01. The Labute approximate surface area is 99.5 Å². The van der Waals surface area contributed by atoms with Crippen molar-refractivity contribution in [2.24, 2.45) is 0 Å². The van der Waals surface area contributed by atoms with Gasteiger partial charge in [-0.15, -0.1) is 0 Å². The van der Waals surface area contributed by atoms with Gasteiger partial charge in [0, 0.05) is 6.54 Å². The molecule has 0 aliphatic heterocycles. The van der Waals surface area contributed by atoms with E-state index in [9.17, 15) is 4.79 Å². The van der Waals surface area contributed by atoms with Gasteiger partial charge in [-0.3, -0.25) is 4.57 Å². The topological polar surface area (TPSA) is 35.1 Å². The molecule has 3 nitrogen and oxygen atoms in total. The van der Waals surface area contributed by atoms with Gasteiger partial charge < -0.3 is 4.42 Å². The monoisotopic (exact) mass is 237 g/mol. The van der Waals surface area contributed by atoms with Crippen LogP contribution in [0, 0.1) is 0 Å². The molecule has 0 unspecified atom stereocenters. The largest absolute Gasteiger partial charge is 0.419 e. The molecule has 1 aromatic carbocycles. The quantitative estimate of drug-likeness (QED) is 0.641. The third-order valence-corrected chi connectivity index (χ3v) is 2.93. The summed E-state index contributed by atoms with van der Waals surface area (Å²) in [7, 11) is 0. The molecule has 0 spiro atoms. The van der Waals surface area contributed by atoms with Crippen LogP contribution in [-0.4, -0.2) is 10.3 Å². The van der Waals surface area contributed by atoms with E-state index in [4.69, 9.17) is 4.42 Å². The van der Waals surface area contributed by atoms with Crippen molar-refractivity contribution in [3.8, 4) is 0 Å². The molecule has 0 atom stereocenters. The Hall–Kier alpha value is -1.16. The summed E-state index contributed by atoms with van der Waals surface area (Å²) < 4.78 is 6.85. The first kappa shape index (κ1) is 11.3. The predicted octanol–water partition coefficient (Wildman–Crippen LogP) is 2.69. The van der Waals surface area contributed by atoms with E-state index in [2.05, 4.69) is 12.6 Å². The summed E-state index contributed by atoms with van der Waals surface area (Å²) in [6.07, 6.45) is 3.17. The number of aryl methyl sites for hydroxylation is 1. The Balaban J connectivity index is 2.16. The number of aromatic nitrogens is 1. The predicted molar refractivity (Wildman–Crippen MR) is 68.2 cm³/mol. The Bertz CT molecular complexity index is 515. The fourth-order valence-electron chi connectivity index (χ4n) is 1.78. The van der Waals surface area contributed by atoms with E-state index in [-0.39, 0.29) is 5.76 Å². The van der Waals surface area contributed by atoms with Crippen molar-refractivity contribution < 1.29 is 4.42 Å². The highest BCUT2D eigenvalue weighted by molar-refractivity contribution is 7.80. The van der Waals surface area contributed by atoms with E-state index in [1.165, 1.54) is 0 Å². The van der Waals surface area contributed by atoms with Gasteiger partial charge in [-0.05, 0) is 30.7 Å². The molecule has 1 aromatic heterocycles. The fraction of sp³-hybridized carbons (Fsp3) is 0.417. The van der Waals surface area contributed by atoms with E-state index in [1.807, 2.05) is 24.3 Å². The maximum atomic E-state index is 11.6. The molecule has 2 aromatic rings. The number of hydrogen-bond acceptors (Lipinski definition) is 3. The maximum Gasteiger partial charge on any atom is 0.419 e. The van der Waals surface area contributed by atoms with Crippen LogP contribution in [-0.2, 0) is 6.54 Å². The molecule has 86 valence electrons. The molecule has 1 heterocycles. The normalized spacial score (nSPS) is 11.1. The van der Waals surface area contributed by atoms with Gasteiger partial charge in [-0.2, -0.15) is 12.6 Å². The van der Waals surface area contributed by atoms with Crippen LogP contribution in [0.15, 0.2) is 33.5 Å². The van der Waals surface area contributed by atoms with E-state index in [0.29, 0.717) is 5.58 Å². The zero-order valence-electron chi connectivity index (χ0n) is 9.06. The number of para-hydroxylation sites is 2. The highest BCUT2D eigenvalue weighted by atomic mass is 32.1. The van der Waals surface area contributed by atoms with Crippen LogP contribution in [0.25, 0.3) is 11.1 Å². The third kappa shape index (κ3) is 2.32. The SMILES string of the molecule is O=c1oc2ccccc2n1CCCCCS. The number of oxazole rings is 1. The molecule has 0 aliphatic carbocycles. The number of benzene rings is 1. The van der Waals surface area contributed by atoms with Gasteiger partial charge in [0.1, 0.15) is 0 Å². The molecular weight excluding hydrogens is 222 g/mol. The molecule has 0 aliphatic rings. The number of thiol groups is 1. The van der Waals surface area contributed by atoms with Crippen LogP contribution in [0.3, 0.4) is 0 Å². The highest BCUT2D eigenvalue weighted by Crippen LogP contribution is 2.12. The first-order valence-corrected chi connectivity index (χ1v) is 6.15. The third-order valence-electron chi connectivity index (χ3n) is 2.61. The average Bonchev–Trinajstić information content (AvgIpc) is 2.61. The van der Waals surface area contributed by atoms with Crippen molar-refractivity contribution in [2.75, 3.05) is 5.75 Å². The molecule has 4 heteroatoms. The van der Waals surface area contributed by atoms with Crippen LogP contribution in [0.2, 0.25) is 0 Å². The van der Waals surface area contributed by atoms with Gasteiger partial charge in [0.25, 0.3) is 0 Å². The van der Waals surface area contributed by atoms with Crippen molar-refractivity contribution in [1.29, 1.82) is 0 Å². The van der Waals surface area contributed by atoms with Crippen molar-refractivity contribution in [3.05, 3.63) is 34.8 Å². The molecular formula is C12H15NO2S. The summed E-state index contributed by atoms with van der Waals surface area (Å²) >= 11 is 4.16. The van der Waals surface area contributed by atoms with Gasteiger partial charge in [0.05, 0.1) is 5.52 Å². The van der Waals surface area contributed by atoms with Crippen LogP contribution in [0.5, 0.6) is 0 Å². The highest BCUT2D eigenvalue weighted by Gasteiger charge is 2.06. The van der Waals surface area contributed by atoms with E-state index >= 15 is 0 Å². The molecule has 0 N–H and O–H groups in total. The second-order valence-electron chi connectivity index (χ2n) is 3.77. The summed E-state index contributed by atoms with van der Waals surface area (Å²) in [6.45, 7) is 0.726. The lowest BCUT2D eigenvalue weighted by atomic mass is 10.2. The molecule has 0 saturated heterocycles. The lowest BCUT2D eigenvalue weighted by Crippen LogP contribution is -2.14. The number of fused-ring (bicyclic) bond motifs is 1. The van der Waals surface area contributed by atoms with Gasteiger partial charge >= 0.3 is 5.76 Å².